The Balaban J connectivity index is 1.22. The number of rotatable bonds is 59. The molecule has 24 heteroatoms. The Morgan fingerprint density at radius 2 is 0.780 bits per heavy atom. The first-order valence-electron chi connectivity index (χ1n) is 38.1. The molecule has 4 N–H and O–H groups in total. The van der Waals surface area contributed by atoms with E-state index in [0.717, 1.165) is 24.8 Å². The van der Waals surface area contributed by atoms with E-state index in [1.54, 1.807) is 0 Å². The summed E-state index contributed by atoms with van der Waals surface area (Å²) >= 11 is 0. The molecule has 3 amide bonds. The predicted octanol–water partition coefficient (Wildman–Crippen LogP) is 9.74. The minimum Gasteiger partial charge on any atom is -0.445 e. The number of carbonyl (C=O) groups is 4. The van der Waals surface area contributed by atoms with Crippen LogP contribution < -0.4 is 21.3 Å². The average molecular weight is 1430 g/mol. The second-order valence-electron chi connectivity index (χ2n) is 27.8. The van der Waals surface area contributed by atoms with Crippen LogP contribution in [0.2, 0.25) is 0 Å². The van der Waals surface area contributed by atoms with Gasteiger partial charge in [0.2, 0.25) is 11.8 Å². The van der Waals surface area contributed by atoms with Crippen molar-refractivity contribution in [1.29, 1.82) is 0 Å². The number of hydrogen-bond acceptors (Lipinski definition) is 21. The molecule has 1 aromatic rings. The Hall–Kier alpha value is -3.54. The van der Waals surface area contributed by atoms with Gasteiger partial charge in [0, 0.05) is 81.6 Å². The normalized spacial score (nSPS) is 26.1. The van der Waals surface area contributed by atoms with Gasteiger partial charge in [0.25, 0.3) is 0 Å². The molecule has 3 aliphatic heterocycles. The van der Waals surface area contributed by atoms with Gasteiger partial charge in [-0.25, -0.2) is 4.79 Å². The first-order chi connectivity index (χ1) is 48.4. The summed E-state index contributed by atoms with van der Waals surface area (Å²) in [5.74, 6) is 3.50. The maximum absolute atomic E-state index is 14.0. The van der Waals surface area contributed by atoms with Gasteiger partial charge < -0.3 is 97.1 Å². The number of ketones is 1. The monoisotopic (exact) mass is 1420 g/mol. The van der Waals surface area contributed by atoms with Crippen molar-refractivity contribution in [2.45, 2.75) is 198 Å². The maximum atomic E-state index is 14.0. The maximum Gasteiger partial charge on any atom is 0.407 e. The van der Waals surface area contributed by atoms with Gasteiger partial charge in [0.1, 0.15) is 12.4 Å². The van der Waals surface area contributed by atoms with Crippen LogP contribution in [0.25, 0.3) is 0 Å². The number of ether oxygens (including phenoxy) is 16. The van der Waals surface area contributed by atoms with Crippen LogP contribution in [-0.4, -0.2) is 232 Å². The lowest BCUT2D eigenvalue weighted by molar-refractivity contribution is -0.251. The average Bonchev–Trinajstić information content (AvgIpc) is 0.842. The van der Waals surface area contributed by atoms with E-state index in [-0.39, 0.29) is 120 Å². The molecule has 0 radical (unpaired) electrons. The third-order valence-electron chi connectivity index (χ3n) is 20.4. The van der Waals surface area contributed by atoms with E-state index in [1.165, 1.54) is 0 Å². The molecule has 3 fully saturated rings. The lowest BCUT2D eigenvalue weighted by Gasteiger charge is -2.43. The Morgan fingerprint density at radius 3 is 1.21 bits per heavy atom. The summed E-state index contributed by atoms with van der Waals surface area (Å²) in [4.78, 5) is 52.4. The number of hydrogen-bond donors (Lipinski definition) is 4. The van der Waals surface area contributed by atoms with Gasteiger partial charge >= 0.3 is 6.09 Å². The minimum absolute atomic E-state index is 0.00575. The number of benzene rings is 1. The molecule has 0 spiro atoms. The number of carbonyl (C=O) groups excluding carboxylic acids is 4. The zero-order chi connectivity index (χ0) is 72.6. The molecule has 0 aromatic heterocycles. The summed E-state index contributed by atoms with van der Waals surface area (Å²) in [5.41, 5.74) is -0.0469. The molecule has 15 atom stereocenters. The smallest absolute Gasteiger partial charge is 0.407 e. The zero-order valence-electron chi connectivity index (χ0n) is 63.6. The van der Waals surface area contributed by atoms with Crippen LogP contribution >= 0.6 is 0 Å². The van der Waals surface area contributed by atoms with Crippen LogP contribution in [0.5, 0.6) is 0 Å². The van der Waals surface area contributed by atoms with Gasteiger partial charge in [-0.2, -0.15) is 0 Å². The van der Waals surface area contributed by atoms with Crippen molar-refractivity contribution in [1.82, 2.24) is 21.3 Å². The molecule has 3 heterocycles. The highest BCUT2D eigenvalue weighted by atomic mass is 16.7. The highest BCUT2D eigenvalue weighted by Gasteiger charge is 2.41. The molecule has 3 saturated heterocycles. The molecular formula is C76H136N4O20. The SMILES string of the molecule is CCC1O[C@@H](OCCOCCOCCNCCCOCC(COCCC(=O)NCCOCCOCCO[C@@H]2OC(CC)[C@H](C)[C@H](C)C2C)(COCCC(=O)NCCOCCOCCO[C@@H]2OC(CC)[C@H](C)[C@H](C)C2C)CC(=O)CCCCCNC(=O)OCc2ccccc2)C(C)[C@@H](C)[C@H]1C. The lowest BCUT2D eigenvalue weighted by atomic mass is 9.78. The van der Waals surface area contributed by atoms with Gasteiger partial charge in [-0.05, 0) is 86.1 Å². The second-order valence-corrected chi connectivity index (χ2v) is 27.8. The third kappa shape index (κ3) is 36.4. The van der Waals surface area contributed by atoms with Gasteiger partial charge in [0.05, 0.1) is 150 Å². The molecule has 580 valence electrons. The number of unbranched alkanes of at least 4 members (excludes halogenated alkanes) is 2. The van der Waals surface area contributed by atoms with Crippen molar-refractivity contribution in [3.63, 3.8) is 0 Å². The summed E-state index contributed by atoms with van der Waals surface area (Å²) in [6, 6.07) is 9.48. The van der Waals surface area contributed by atoms with Crippen molar-refractivity contribution >= 4 is 23.7 Å². The fraction of sp³-hybridized carbons (Fsp3) is 0.868. The van der Waals surface area contributed by atoms with E-state index >= 15 is 0 Å². The molecule has 0 aliphatic carbocycles. The summed E-state index contributed by atoms with van der Waals surface area (Å²) in [6.45, 7) is 36.2. The van der Waals surface area contributed by atoms with Crippen molar-refractivity contribution in [3.05, 3.63) is 35.9 Å². The predicted molar refractivity (Wildman–Crippen MR) is 382 cm³/mol. The first-order valence-corrected chi connectivity index (χ1v) is 38.1. The lowest BCUT2D eigenvalue weighted by Crippen LogP contribution is -2.45. The number of alkyl carbamates (subject to hydrolysis) is 1. The van der Waals surface area contributed by atoms with E-state index in [9.17, 15) is 19.2 Å². The molecule has 24 nitrogen and oxygen atoms in total. The van der Waals surface area contributed by atoms with Crippen molar-refractivity contribution in [2.24, 2.45) is 58.7 Å². The highest BCUT2D eigenvalue weighted by molar-refractivity contribution is 5.79. The van der Waals surface area contributed by atoms with Gasteiger partial charge in [-0.15, -0.1) is 0 Å². The van der Waals surface area contributed by atoms with E-state index in [0.29, 0.717) is 217 Å². The van der Waals surface area contributed by atoms with Crippen LogP contribution in [0, 0.1) is 58.7 Å². The Morgan fingerprint density at radius 1 is 0.380 bits per heavy atom. The summed E-state index contributed by atoms with van der Waals surface area (Å²) in [5, 5.41) is 12.0. The van der Waals surface area contributed by atoms with Crippen LogP contribution in [0.15, 0.2) is 30.3 Å². The summed E-state index contributed by atoms with van der Waals surface area (Å²) in [6.07, 6.45) is 5.45. The molecule has 4 rings (SSSR count). The quantitative estimate of drug-likeness (QED) is 0.0442. The molecule has 3 aliphatic rings. The fourth-order valence-electron chi connectivity index (χ4n) is 12.9. The van der Waals surface area contributed by atoms with E-state index in [4.69, 9.17) is 75.8 Å². The van der Waals surface area contributed by atoms with Crippen LogP contribution in [0.4, 0.5) is 4.79 Å². The standard InChI is InChI=1S/C76H136N4O20/c1-13-67-59(7)56(4)62(10)72(98-67)94-48-45-88-42-39-85-36-30-77-28-22-33-91-53-76(51-66(81)25-20-17-21-29-80-75(84)97-52-65-23-18-16-19-24-65,54-92-34-26-70(82)78-31-37-86-40-43-89-46-49-95-73-63(11)57(5)60(8)68(14-2)99-73)55-93-35-27-71(83)79-32-38-87-41-44-90-47-50-96-74-64(12)58(6)61(9)69(15-3)100-74/h16,18-19,23-24,56-64,67-69,72-74,77H,13-15,17,20-22,25-55H2,1-12H3,(H,78,82)(H,79,83)(H,80,84)/t56-,57-,58-,59+,60+,61+,62?,63?,64?,67?,68?,69?,72+,73+,74+,76?/m0/s1. The topological polar surface area (TPSA) is 264 Å². The molecule has 0 saturated carbocycles. The van der Waals surface area contributed by atoms with E-state index in [1.807, 2.05) is 30.3 Å². The fourth-order valence-corrected chi connectivity index (χ4v) is 12.9. The van der Waals surface area contributed by atoms with E-state index < -0.39 is 11.5 Å². The third-order valence-corrected chi connectivity index (χ3v) is 20.4. The minimum atomic E-state index is -0.944. The first kappa shape index (κ1) is 88.9. The van der Waals surface area contributed by atoms with Gasteiger partial charge in [-0.3, -0.25) is 14.4 Å². The summed E-state index contributed by atoms with van der Waals surface area (Å²) < 4.78 is 95.6. The number of amides is 3. The molecule has 100 heavy (non-hydrogen) atoms. The zero-order valence-corrected chi connectivity index (χ0v) is 63.6. The Bertz CT molecular complexity index is 2170. The van der Waals surface area contributed by atoms with Crippen LogP contribution in [0.1, 0.15) is 159 Å². The molecule has 6 unspecified atom stereocenters. The van der Waals surface area contributed by atoms with Crippen molar-refractivity contribution in [3.8, 4) is 0 Å². The molecule has 0 bridgehead atoms. The molecule has 1 aromatic carbocycles. The van der Waals surface area contributed by atoms with Crippen molar-refractivity contribution in [2.75, 3.05) is 171 Å². The number of Topliss-reactive ketones (excluding diaryl/α,β-unsaturated/α-hetero) is 1. The number of nitrogens with one attached hydrogen (secondary N) is 4. The Labute approximate surface area is 601 Å². The largest absolute Gasteiger partial charge is 0.445 e. The Kier molecular flexibility index (Phi) is 48.1. The van der Waals surface area contributed by atoms with Gasteiger partial charge in [-0.1, -0.05) is 120 Å². The van der Waals surface area contributed by atoms with Crippen molar-refractivity contribution < 1.29 is 95.0 Å². The second kappa shape index (κ2) is 54.1. The molecular weight excluding hydrogens is 1290 g/mol. The highest BCUT2D eigenvalue weighted by Crippen LogP contribution is 2.39. The van der Waals surface area contributed by atoms with E-state index in [2.05, 4.69) is 104 Å². The summed E-state index contributed by atoms with van der Waals surface area (Å²) in [7, 11) is 0. The van der Waals surface area contributed by atoms with Crippen LogP contribution in [0.3, 0.4) is 0 Å². The van der Waals surface area contributed by atoms with Gasteiger partial charge in [0.15, 0.2) is 18.9 Å². The van der Waals surface area contributed by atoms with Crippen LogP contribution in [-0.2, 0) is 96.8 Å².